The molecule has 0 aliphatic carbocycles. The van der Waals surface area contributed by atoms with Crippen LogP contribution in [0.15, 0.2) is 30.3 Å². The minimum Gasteiger partial charge on any atom is -0.504 e. The van der Waals surface area contributed by atoms with Crippen LogP contribution in [0.25, 0.3) is 0 Å². The molecule has 0 aliphatic rings. The molecule has 0 radical (unpaired) electrons. The van der Waals surface area contributed by atoms with Crippen molar-refractivity contribution in [1.29, 1.82) is 0 Å². The quantitative estimate of drug-likeness (QED) is 0.736. The number of hydrogen-bond acceptors (Lipinski definition) is 4. The highest BCUT2D eigenvalue weighted by Gasteiger charge is 2.11. The number of aromatic nitrogens is 1. The van der Waals surface area contributed by atoms with E-state index >= 15 is 0 Å². The number of nitrogen functional groups attached to an aromatic ring is 1. The molecule has 19 heavy (non-hydrogen) atoms. The van der Waals surface area contributed by atoms with E-state index in [9.17, 15) is 9.90 Å². The molecular weight excluding hydrogens is 266 g/mol. The molecule has 0 saturated carbocycles. The standard InChI is InChI=1S/C13H12ClN3O2/c1-7-2-5-11(18)12(16-7)17-13(19)8-3-4-10(15)9(14)6-8/h2-6,18H,15H2,1H3,(H,16,17,19). The summed E-state index contributed by atoms with van der Waals surface area (Å²) in [5.41, 5.74) is 6.99. The van der Waals surface area contributed by atoms with Gasteiger partial charge in [-0.3, -0.25) is 4.79 Å². The summed E-state index contributed by atoms with van der Waals surface area (Å²) in [6.07, 6.45) is 0. The Morgan fingerprint density at radius 2 is 2.11 bits per heavy atom. The van der Waals surface area contributed by atoms with Crippen LogP contribution in [0.4, 0.5) is 11.5 Å². The lowest BCUT2D eigenvalue weighted by atomic mass is 10.2. The van der Waals surface area contributed by atoms with Crippen LogP contribution in [0, 0.1) is 6.92 Å². The Kier molecular flexibility index (Phi) is 3.57. The molecule has 0 saturated heterocycles. The Morgan fingerprint density at radius 3 is 2.79 bits per heavy atom. The van der Waals surface area contributed by atoms with Gasteiger partial charge in [-0.25, -0.2) is 4.98 Å². The summed E-state index contributed by atoms with van der Waals surface area (Å²) in [6.45, 7) is 1.76. The summed E-state index contributed by atoms with van der Waals surface area (Å²) < 4.78 is 0. The Hall–Kier alpha value is -2.27. The van der Waals surface area contributed by atoms with Gasteiger partial charge in [0.1, 0.15) is 0 Å². The van der Waals surface area contributed by atoms with E-state index in [2.05, 4.69) is 10.3 Å². The molecule has 1 amide bonds. The molecule has 0 fully saturated rings. The predicted octanol–water partition coefficient (Wildman–Crippen LogP) is 2.58. The van der Waals surface area contributed by atoms with Gasteiger partial charge in [-0.05, 0) is 37.3 Å². The highest BCUT2D eigenvalue weighted by atomic mass is 35.5. The van der Waals surface area contributed by atoms with Gasteiger partial charge in [0.05, 0.1) is 10.7 Å². The van der Waals surface area contributed by atoms with Crippen molar-refractivity contribution in [1.82, 2.24) is 4.98 Å². The maximum absolute atomic E-state index is 12.0. The lowest BCUT2D eigenvalue weighted by Gasteiger charge is -2.08. The van der Waals surface area contributed by atoms with Crippen LogP contribution in [0.3, 0.4) is 0 Å². The van der Waals surface area contributed by atoms with Crippen molar-refractivity contribution >= 4 is 29.0 Å². The van der Waals surface area contributed by atoms with E-state index in [1.54, 1.807) is 25.1 Å². The predicted molar refractivity (Wildman–Crippen MR) is 74.5 cm³/mol. The third kappa shape index (κ3) is 2.95. The minimum atomic E-state index is -0.421. The molecule has 0 unspecified atom stereocenters. The maximum atomic E-state index is 12.0. The molecule has 0 spiro atoms. The molecule has 5 nitrogen and oxygen atoms in total. The van der Waals surface area contributed by atoms with E-state index in [4.69, 9.17) is 17.3 Å². The molecule has 1 aromatic carbocycles. The van der Waals surface area contributed by atoms with Crippen LogP contribution in [0.2, 0.25) is 5.02 Å². The van der Waals surface area contributed by atoms with Crippen LogP contribution >= 0.6 is 11.6 Å². The minimum absolute atomic E-state index is 0.0968. The summed E-state index contributed by atoms with van der Waals surface area (Å²) in [7, 11) is 0. The van der Waals surface area contributed by atoms with Crippen molar-refractivity contribution in [2.75, 3.05) is 11.1 Å². The second-order valence-electron chi connectivity index (χ2n) is 4.01. The summed E-state index contributed by atoms with van der Waals surface area (Å²) >= 11 is 5.85. The highest BCUT2D eigenvalue weighted by molar-refractivity contribution is 6.33. The Bertz CT molecular complexity index is 644. The number of nitrogens with two attached hydrogens (primary N) is 1. The van der Waals surface area contributed by atoms with E-state index in [0.29, 0.717) is 22.0 Å². The lowest BCUT2D eigenvalue weighted by Crippen LogP contribution is -2.13. The second-order valence-corrected chi connectivity index (χ2v) is 4.42. The largest absolute Gasteiger partial charge is 0.504 e. The smallest absolute Gasteiger partial charge is 0.256 e. The van der Waals surface area contributed by atoms with Gasteiger partial charge in [-0.2, -0.15) is 0 Å². The number of rotatable bonds is 2. The van der Waals surface area contributed by atoms with Crippen molar-refractivity contribution in [3.63, 3.8) is 0 Å². The molecule has 2 rings (SSSR count). The zero-order valence-corrected chi connectivity index (χ0v) is 10.9. The molecule has 4 N–H and O–H groups in total. The number of hydrogen-bond donors (Lipinski definition) is 3. The second kappa shape index (κ2) is 5.16. The number of carbonyl (C=O) groups is 1. The Morgan fingerprint density at radius 1 is 1.37 bits per heavy atom. The van der Waals surface area contributed by atoms with E-state index in [1.165, 1.54) is 12.1 Å². The van der Waals surface area contributed by atoms with Crippen molar-refractivity contribution < 1.29 is 9.90 Å². The number of aromatic hydroxyl groups is 1. The fraction of sp³-hybridized carbons (Fsp3) is 0.0769. The monoisotopic (exact) mass is 277 g/mol. The number of amides is 1. The summed E-state index contributed by atoms with van der Waals surface area (Å²) in [5.74, 6) is -0.409. The van der Waals surface area contributed by atoms with Crippen molar-refractivity contribution in [2.24, 2.45) is 0 Å². The maximum Gasteiger partial charge on any atom is 0.256 e. The zero-order chi connectivity index (χ0) is 14.0. The first-order chi connectivity index (χ1) is 8.97. The van der Waals surface area contributed by atoms with Crippen LogP contribution in [0.1, 0.15) is 16.1 Å². The Balaban J connectivity index is 2.25. The number of anilines is 2. The van der Waals surface area contributed by atoms with Gasteiger partial charge in [-0.1, -0.05) is 11.6 Å². The van der Waals surface area contributed by atoms with Crippen LogP contribution < -0.4 is 11.1 Å². The molecular formula is C13H12ClN3O2. The number of aryl methyl sites for hydroxylation is 1. The molecule has 0 bridgehead atoms. The zero-order valence-electron chi connectivity index (χ0n) is 10.1. The van der Waals surface area contributed by atoms with Crippen molar-refractivity contribution in [3.05, 3.63) is 46.6 Å². The number of halogens is 1. The lowest BCUT2D eigenvalue weighted by molar-refractivity contribution is 0.102. The topological polar surface area (TPSA) is 88.2 Å². The van der Waals surface area contributed by atoms with Gasteiger partial charge in [0.25, 0.3) is 5.91 Å². The van der Waals surface area contributed by atoms with Crippen LogP contribution in [-0.2, 0) is 0 Å². The fourth-order valence-corrected chi connectivity index (χ4v) is 1.67. The first-order valence-electron chi connectivity index (χ1n) is 5.50. The van der Waals surface area contributed by atoms with Gasteiger partial charge < -0.3 is 16.2 Å². The Labute approximate surface area is 115 Å². The number of nitrogens with zero attached hydrogens (tertiary/aromatic N) is 1. The fourth-order valence-electron chi connectivity index (χ4n) is 1.49. The number of carbonyl (C=O) groups excluding carboxylic acids is 1. The molecule has 1 heterocycles. The van der Waals surface area contributed by atoms with E-state index in [-0.39, 0.29) is 11.6 Å². The van der Waals surface area contributed by atoms with Crippen LogP contribution in [-0.4, -0.2) is 16.0 Å². The summed E-state index contributed by atoms with van der Waals surface area (Å²) in [6, 6.07) is 7.65. The summed E-state index contributed by atoms with van der Waals surface area (Å²) in [4.78, 5) is 16.0. The van der Waals surface area contributed by atoms with Gasteiger partial charge >= 0.3 is 0 Å². The van der Waals surface area contributed by atoms with Crippen molar-refractivity contribution in [2.45, 2.75) is 6.92 Å². The number of benzene rings is 1. The van der Waals surface area contributed by atoms with E-state index in [1.807, 2.05) is 0 Å². The number of nitrogens with one attached hydrogen (secondary N) is 1. The van der Waals surface area contributed by atoms with Crippen molar-refractivity contribution in [3.8, 4) is 5.75 Å². The molecule has 6 heteroatoms. The van der Waals surface area contributed by atoms with Gasteiger partial charge in [0, 0.05) is 11.3 Å². The van der Waals surface area contributed by atoms with Gasteiger partial charge in [0.2, 0.25) is 0 Å². The first kappa shape index (κ1) is 13.2. The average molecular weight is 278 g/mol. The third-order valence-corrected chi connectivity index (χ3v) is 2.84. The normalized spacial score (nSPS) is 10.2. The van der Waals surface area contributed by atoms with Crippen LogP contribution in [0.5, 0.6) is 5.75 Å². The molecule has 98 valence electrons. The first-order valence-corrected chi connectivity index (χ1v) is 5.88. The summed E-state index contributed by atoms with van der Waals surface area (Å²) in [5, 5.41) is 12.4. The average Bonchev–Trinajstić information content (AvgIpc) is 2.37. The highest BCUT2D eigenvalue weighted by Crippen LogP contribution is 2.23. The SMILES string of the molecule is Cc1ccc(O)c(NC(=O)c2ccc(N)c(Cl)c2)n1. The molecule has 2 aromatic rings. The number of pyridine rings is 1. The molecule has 0 atom stereocenters. The molecule has 1 aromatic heterocycles. The molecule has 0 aliphatic heterocycles. The van der Waals surface area contributed by atoms with E-state index in [0.717, 1.165) is 0 Å². The van der Waals surface area contributed by atoms with Gasteiger partial charge in [-0.15, -0.1) is 0 Å². The van der Waals surface area contributed by atoms with E-state index < -0.39 is 5.91 Å². The third-order valence-electron chi connectivity index (χ3n) is 2.51. The van der Waals surface area contributed by atoms with Gasteiger partial charge in [0.15, 0.2) is 11.6 Å².